The van der Waals surface area contributed by atoms with Crippen molar-refractivity contribution >= 4 is 23.3 Å². The monoisotopic (exact) mass is 280 g/mol. The van der Waals surface area contributed by atoms with Crippen LogP contribution in [0.4, 0.5) is 5.69 Å². The van der Waals surface area contributed by atoms with E-state index in [4.69, 9.17) is 16.7 Å². The SMILES string of the molecule is Cc1ccc(NCCn2cc(C(=O)O)nn2)c(Cl)c1. The van der Waals surface area contributed by atoms with Gasteiger partial charge in [-0.05, 0) is 24.6 Å². The van der Waals surface area contributed by atoms with E-state index in [2.05, 4.69) is 15.6 Å². The lowest BCUT2D eigenvalue weighted by Crippen LogP contribution is -2.11. The van der Waals surface area contributed by atoms with Crippen molar-refractivity contribution in [1.82, 2.24) is 15.0 Å². The van der Waals surface area contributed by atoms with Crippen molar-refractivity contribution in [3.8, 4) is 0 Å². The topological polar surface area (TPSA) is 80.0 Å². The second-order valence-corrected chi connectivity index (χ2v) is 4.49. The van der Waals surface area contributed by atoms with Gasteiger partial charge in [0.05, 0.1) is 23.5 Å². The number of nitrogens with zero attached hydrogens (tertiary/aromatic N) is 3. The van der Waals surface area contributed by atoms with Gasteiger partial charge in [-0.1, -0.05) is 22.9 Å². The molecular weight excluding hydrogens is 268 g/mol. The Hall–Kier alpha value is -2.08. The quantitative estimate of drug-likeness (QED) is 0.876. The molecule has 2 N–H and O–H groups in total. The zero-order valence-electron chi connectivity index (χ0n) is 10.3. The summed E-state index contributed by atoms with van der Waals surface area (Å²) in [6, 6.07) is 5.75. The molecule has 100 valence electrons. The van der Waals surface area contributed by atoms with Crippen LogP contribution in [0.25, 0.3) is 0 Å². The van der Waals surface area contributed by atoms with E-state index >= 15 is 0 Å². The molecule has 0 spiro atoms. The molecule has 0 amide bonds. The van der Waals surface area contributed by atoms with Crippen LogP contribution in [0.2, 0.25) is 5.02 Å². The second kappa shape index (κ2) is 5.71. The van der Waals surface area contributed by atoms with Gasteiger partial charge >= 0.3 is 5.97 Å². The zero-order chi connectivity index (χ0) is 13.8. The average Bonchev–Trinajstić information content (AvgIpc) is 2.81. The van der Waals surface area contributed by atoms with E-state index in [1.54, 1.807) is 0 Å². The molecule has 0 saturated heterocycles. The molecule has 0 unspecified atom stereocenters. The molecule has 0 bridgehead atoms. The van der Waals surface area contributed by atoms with Gasteiger partial charge in [0.25, 0.3) is 0 Å². The molecule has 19 heavy (non-hydrogen) atoms. The molecule has 1 aromatic heterocycles. The molecule has 0 aliphatic rings. The van der Waals surface area contributed by atoms with Crippen LogP contribution in [-0.4, -0.2) is 32.6 Å². The van der Waals surface area contributed by atoms with Crippen molar-refractivity contribution < 1.29 is 9.90 Å². The average molecular weight is 281 g/mol. The minimum Gasteiger partial charge on any atom is -0.476 e. The van der Waals surface area contributed by atoms with Crippen molar-refractivity contribution in [2.75, 3.05) is 11.9 Å². The summed E-state index contributed by atoms with van der Waals surface area (Å²) in [6.07, 6.45) is 1.39. The van der Waals surface area contributed by atoms with Gasteiger partial charge in [-0.25, -0.2) is 9.48 Å². The molecule has 0 radical (unpaired) electrons. The van der Waals surface area contributed by atoms with Gasteiger partial charge in [-0.3, -0.25) is 0 Å². The number of hydrogen-bond acceptors (Lipinski definition) is 4. The van der Waals surface area contributed by atoms with Crippen LogP contribution in [0.3, 0.4) is 0 Å². The number of anilines is 1. The Morgan fingerprint density at radius 3 is 2.95 bits per heavy atom. The number of hydrogen-bond donors (Lipinski definition) is 2. The number of aryl methyl sites for hydroxylation is 1. The first-order valence-electron chi connectivity index (χ1n) is 5.70. The van der Waals surface area contributed by atoms with E-state index in [0.717, 1.165) is 11.3 Å². The maximum Gasteiger partial charge on any atom is 0.358 e. The maximum absolute atomic E-state index is 10.6. The van der Waals surface area contributed by atoms with E-state index in [0.29, 0.717) is 18.1 Å². The van der Waals surface area contributed by atoms with Gasteiger partial charge in [0.15, 0.2) is 5.69 Å². The molecule has 0 fully saturated rings. The number of aromatic carboxylic acids is 1. The number of aromatic nitrogens is 3. The largest absolute Gasteiger partial charge is 0.476 e. The molecule has 2 rings (SSSR count). The van der Waals surface area contributed by atoms with Crippen LogP contribution in [0.5, 0.6) is 0 Å². The van der Waals surface area contributed by atoms with Crippen molar-refractivity contribution in [2.45, 2.75) is 13.5 Å². The fraction of sp³-hybridized carbons (Fsp3) is 0.250. The number of carbonyl (C=O) groups is 1. The predicted octanol–water partition coefficient (Wildman–Crippen LogP) is 2.05. The highest BCUT2D eigenvalue weighted by atomic mass is 35.5. The van der Waals surface area contributed by atoms with Gasteiger partial charge in [-0.15, -0.1) is 5.10 Å². The molecule has 2 aromatic rings. The van der Waals surface area contributed by atoms with Gasteiger partial charge in [0.2, 0.25) is 0 Å². The Kier molecular flexibility index (Phi) is 4.01. The highest BCUT2D eigenvalue weighted by Gasteiger charge is 2.07. The van der Waals surface area contributed by atoms with Crippen molar-refractivity contribution in [3.63, 3.8) is 0 Å². The molecule has 0 atom stereocenters. The molecular formula is C12H13ClN4O2. The molecule has 0 saturated carbocycles. The van der Waals surface area contributed by atoms with Crippen molar-refractivity contribution in [1.29, 1.82) is 0 Å². The second-order valence-electron chi connectivity index (χ2n) is 4.08. The summed E-state index contributed by atoms with van der Waals surface area (Å²) in [5.41, 5.74) is 1.87. The predicted molar refractivity (Wildman–Crippen MR) is 71.7 cm³/mol. The van der Waals surface area contributed by atoms with Gasteiger partial charge in [0.1, 0.15) is 0 Å². The van der Waals surface area contributed by atoms with E-state index in [1.807, 2.05) is 25.1 Å². The summed E-state index contributed by atoms with van der Waals surface area (Å²) < 4.78 is 1.47. The number of carboxylic acid groups (broad SMARTS) is 1. The molecule has 0 aliphatic heterocycles. The Morgan fingerprint density at radius 1 is 1.53 bits per heavy atom. The maximum atomic E-state index is 10.6. The summed E-state index contributed by atoms with van der Waals surface area (Å²) in [5.74, 6) is -1.08. The van der Waals surface area contributed by atoms with E-state index in [1.165, 1.54) is 10.9 Å². The highest BCUT2D eigenvalue weighted by molar-refractivity contribution is 6.33. The molecule has 6 nitrogen and oxygen atoms in total. The van der Waals surface area contributed by atoms with E-state index in [-0.39, 0.29) is 5.69 Å². The number of nitrogens with one attached hydrogen (secondary N) is 1. The summed E-state index contributed by atoms with van der Waals surface area (Å²) in [5, 5.41) is 19.8. The summed E-state index contributed by atoms with van der Waals surface area (Å²) >= 11 is 6.08. The van der Waals surface area contributed by atoms with Crippen molar-refractivity contribution in [2.24, 2.45) is 0 Å². The van der Waals surface area contributed by atoms with Crippen LogP contribution in [0.15, 0.2) is 24.4 Å². The minimum atomic E-state index is -1.08. The fourth-order valence-corrected chi connectivity index (χ4v) is 1.88. The molecule has 0 aliphatic carbocycles. The summed E-state index contributed by atoms with van der Waals surface area (Å²) in [7, 11) is 0. The van der Waals surface area contributed by atoms with Gasteiger partial charge in [0, 0.05) is 6.54 Å². The number of halogens is 1. The lowest BCUT2D eigenvalue weighted by molar-refractivity contribution is 0.0690. The highest BCUT2D eigenvalue weighted by Crippen LogP contribution is 2.22. The summed E-state index contributed by atoms with van der Waals surface area (Å²) in [6.45, 7) is 3.05. The van der Waals surface area contributed by atoms with Crippen LogP contribution in [0, 0.1) is 6.92 Å². The first kappa shape index (κ1) is 13.4. The van der Waals surface area contributed by atoms with Crippen LogP contribution in [-0.2, 0) is 6.54 Å². The fourth-order valence-electron chi connectivity index (χ4n) is 1.57. The number of carboxylic acids is 1. The van der Waals surface area contributed by atoms with Gasteiger partial charge < -0.3 is 10.4 Å². The normalized spacial score (nSPS) is 10.4. The third-order valence-corrected chi connectivity index (χ3v) is 2.85. The number of rotatable bonds is 5. The van der Waals surface area contributed by atoms with Crippen LogP contribution < -0.4 is 5.32 Å². The standard InChI is InChI=1S/C12H13ClN4O2/c1-8-2-3-10(9(13)6-8)14-4-5-17-7-11(12(18)19)15-16-17/h2-3,6-7,14H,4-5H2,1H3,(H,18,19). The Morgan fingerprint density at radius 2 is 2.32 bits per heavy atom. The first-order chi connectivity index (χ1) is 9.06. The smallest absolute Gasteiger partial charge is 0.358 e. The lowest BCUT2D eigenvalue weighted by atomic mass is 10.2. The molecule has 1 heterocycles. The van der Waals surface area contributed by atoms with Gasteiger partial charge in [-0.2, -0.15) is 0 Å². The lowest BCUT2D eigenvalue weighted by Gasteiger charge is -2.08. The third kappa shape index (κ3) is 3.45. The zero-order valence-corrected chi connectivity index (χ0v) is 11.1. The first-order valence-corrected chi connectivity index (χ1v) is 6.07. The van der Waals surface area contributed by atoms with E-state index < -0.39 is 5.97 Å². The third-order valence-electron chi connectivity index (χ3n) is 2.54. The number of benzene rings is 1. The minimum absolute atomic E-state index is 0.0617. The Balaban J connectivity index is 1.90. The van der Waals surface area contributed by atoms with Crippen LogP contribution in [0.1, 0.15) is 16.1 Å². The van der Waals surface area contributed by atoms with E-state index in [9.17, 15) is 4.79 Å². The molecule has 7 heteroatoms. The Bertz CT molecular complexity index is 597. The Labute approximate surface area is 115 Å². The molecule has 1 aromatic carbocycles. The van der Waals surface area contributed by atoms with Crippen LogP contribution >= 0.6 is 11.6 Å². The summed E-state index contributed by atoms with van der Waals surface area (Å²) in [4.78, 5) is 10.6. The van der Waals surface area contributed by atoms with Crippen molar-refractivity contribution in [3.05, 3.63) is 40.7 Å².